The summed E-state index contributed by atoms with van der Waals surface area (Å²) in [5.74, 6) is 0.00522. The van der Waals surface area contributed by atoms with Gasteiger partial charge in [-0.3, -0.25) is 0 Å². The molecule has 1 aromatic rings. The van der Waals surface area contributed by atoms with Crippen molar-refractivity contribution in [2.24, 2.45) is 0 Å². The number of halogens is 3. The summed E-state index contributed by atoms with van der Waals surface area (Å²) in [5, 5.41) is 3.00. The normalized spacial score (nSPS) is 11.4. The lowest BCUT2D eigenvalue weighted by atomic mass is 10.2. The number of hydrogen-bond acceptors (Lipinski definition) is 3. The quantitative estimate of drug-likeness (QED) is 0.820. The van der Waals surface area contributed by atoms with Crippen LogP contribution in [0, 0.1) is 0 Å². The highest BCUT2D eigenvalue weighted by atomic mass is 32.2. The van der Waals surface area contributed by atoms with Gasteiger partial charge in [0.25, 0.3) is 0 Å². The number of nitrogens with zero attached hydrogens (tertiary/aromatic N) is 1. The molecule has 1 aromatic carbocycles. The Kier molecular flexibility index (Phi) is 4.99. The standard InChI is InChI=1S/C11H15F3N2S/c1-16(2)10-6-4-3-5-9(10)15-7-8-17-11(12,13)14/h3-6,15H,7-8H2,1-2H3. The van der Waals surface area contributed by atoms with Crippen LogP contribution in [0.5, 0.6) is 0 Å². The highest BCUT2D eigenvalue weighted by Crippen LogP contribution is 2.30. The summed E-state index contributed by atoms with van der Waals surface area (Å²) in [7, 11) is 3.79. The fourth-order valence-electron chi connectivity index (χ4n) is 1.37. The zero-order chi connectivity index (χ0) is 12.9. The Morgan fingerprint density at radius 2 is 1.88 bits per heavy atom. The van der Waals surface area contributed by atoms with Crippen molar-refractivity contribution in [2.75, 3.05) is 36.6 Å². The zero-order valence-electron chi connectivity index (χ0n) is 9.71. The van der Waals surface area contributed by atoms with E-state index >= 15 is 0 Å². The maximum absolute atomic E-state index is 11.9. The summed E-state index contributed by atoms with van der Waals surface area (Å²) >= 11 is -0.00904. The monoisotopic (exact) mass is 264 g/mol. The smallest absolute Gasteiger partial charge is 0.383 e. The van der Waals surface area contributed by atoms with Gasteiger partial charge in [-0.15, -0.1) is 0 Å². The Hall–Kier alpha value is -1.04. The van der Waals surface area contributed by atoms with Gasteiger partial charge in [-0.05, 0) is 23.9 Å². The molecule has 1 rings (SSSR count). The van der Waals surface area contributed by atoms with E-state index in [-0.39, 0.29) is 24.1 Å². The van der Waals surface area contributed by atoms with Gasteiger partial charge in [-0.2, -0.15) is 13.2 Å². The maximum atomic E-state index is 11.9. The van der Waals surface area contributed by atoms with Gasteiger partial charge in [0, 0.05) is 26.4 Å². The summed E-state index contributed by atoms with van der Waals surface area (Å²) < 4.78 is 35.7. The molecular weight excluding hydrogens is 249 g/mol. The zero-order valence-corrected chi connectivity index (χ0v) is 10.5. The van der Waals surface area contributed by atoms with Crippen molar-refractivity contribution in [2.45, 2.75) is 5.51 Å². The van der Waals surface area contributed by atoms with Crippen molar-refractivity contribution >= 4 is 23.1 Å². The van der Waals surface area contributed by atoms with Crippen LogP contribution in [0.25, 0.3) is 0 Å². The molecule has 0 aliphatic rings. The number of nitrogens with one attached hydrogen (secondary N) is 1. The molecule has 0 unspecified atom stereocenters. The maximum Gasteiger partial charge on any atom is 0.441 e. The van der Waals surface area contributed by atoms with E-state index in [1.165, 1.54) is 0 Å². The predicted molar refractivity (Wildman–Crippen MR) is 67.8 cm³/mol. The molecule has 0 heterocycles. The third kappa shape index (κ3) is 5.21. The molecule has 0 bridgehead atoms. The number of para-hydroxylation sites is 2. The molecule has 2 nitrogen and oxygen atoms in total. The number of alkyl halides is 3. The number of benzene rings is 1. The number of thioether (sulfide) groups is 1. The molecule has 6 heteroatoms. The number of anilines is 2. The number of rotatable bonds is 5. The molecule has 0 radical (unpaired) electrons. The SMILES string of the molecule is CN(C)c1ccccc1NCCSC(F)(F)F. The van der Waals surface area contributed by atoms with Gasteiger partial charge in [0.05, 0.1) is 11.4 Å². The van der Waals surface area contributed by atoms with E-state index in [1.807, 2.05) is 43.3 Å². The van der Waals surface area contributed by atoms with E-state index in [9.17, 15) is 13.2 Å². The Labute approximate surface area is 103 Å². The highest BCUT2D eigenvalue weighted by Gasteiger charge is 2.27. The first-order valence-corrected chi connectivity index (χ1v) is 6.09. The van der Waals surface area contributed by atoms with Crippen LogP contribution < -0.4 is 10.2 Å². The Morgan fingerprint density at radius 3 is 2.47 bits per heavy atom. The molecule has 0 fully saturated rings. The Bertz CT molecular complexity index is 353. The van der Waals surface area contributed by atoms with Crippen LogP contribution in [0.15, 0.2) is 24.3 Å². The van der Waals surface area contributed by atoms with Gasteiger partial charge in [-0.1, -0.05) is 12.1 Å². The predicted octanol–water partition coefficient (Wildman–Crippen LogP) is 3.42. The highest BCUT2D eigenvalue weighted by molar-refractivity contribution is 8.00. The minimum atomic E-state index is -4.15. The first-order chi connectivity index (χ1) is 7.90. The molecular formula is C11H15F3N2S. The van der Waals surface area contributed by atoms with E-state index in [0.717, 1.165) is 11.4 Å². The molecule has 1 N–H and O–H groups in total. The third-order valence-electron chi connectivity index (χ3n) is 2.07. The second kappa shape index (κ2) is 6.05. The topological polar surface area (TPSA) is 15.3 Å². The van der Waals surface area contributed by atoms with Crippen LogP contribution in [0.3, 0.4) is 0 Å². The molecule has 0 aliphatic heterocycles. The van der Waals surface area contributed by atoms with E-state index in [1.54, 1.807) is 0 Å². The fraction of sp³-hybridized carbons (Fsp3) is 0.455. The van der Waals surface area contributed by atoms with Crippen molar-refractivity contribution < 1.29 is 13.2 Å². The molecule has 0 saturated heterocycles. The van der Waals surface area contributed by atoms with Gasteiger partial charge in [0.15, 0.2) is 0 Å². The minimum Gasteiger partial charge on any atom is -0.383 e. The molecule has 0 amide bonds. The van der Waals surface area contributed by atoms with E-state index in [4.69, 9.17) is 0 Å². The summed E-state index contributed by atoms with van der Waals surface area (Å²) in [6.07, 6.45) is 0. The Balaban J connectivity index is 2.47. The number of hydrogen-bond donors (Lipinski definition) is 1. The van der Waals surface area contributed by atoms with Crippen LogP contribution >= 0.6 is 11.8 Å². The van der Waals surface area contributed by atoms with Crippen LogP contribution in [0.1, 0.15) is 0 Å². The minimum absolute atomic E-state index is 0.00522. The third-order valence-corrected chi connectivity index (χ3v) is 2.80. The van der Waals surface area contributed by atoms with Crippen molar-refractivity contribution in [1.82, 2.24) is 0 Å². The van der Waals surface area contributed by atoms with Gasteiger partial charge in [0.2, 0.25) is 0 Å². The van der Waals surface area contributed by atoms with Crippen LogP contribution in [0.2, 0.25) is 0 Å². The summed E-state index contributed by atoms with van der Waals surface area (Å²) in [5.41, 5.74) is -2.34. The average Bonchev–Trinajstić information content (AvgIpc) is 2.23. The average molecular weight is 264 g/mol. The molecule has 0 aliphatic carbocycles. The molecule has 0 saturated carbocycles. The Morgan fingerprint density at radius 1 is 1.24 bits per heavy atom. The van der Waals surface area contributed by atoms with E-state index in [2.05, 4.69) is 5.32 Å². The molecule has 17 heavy (non-hydrogen) atoms. The first-order valence-electron chi connectivity index (χ1n) is 5.11. The van der Waals surface area contributed by atoms with Gasteiger partial charge >= 0.3 is 5.51 Å². The van der Waals surface area contributed by atoms with Crippen LogP contribution in [0.4, 0.5) is 24.5 Å². The fourth-order valence-corrected chi connectivity index (χ4v) is 1.80. The lowest BCUT2D eigenvalue weighted by Gasteiger charge is -2.18. The summed E-state index contributed by atoms with van der Waals surface area (Å²) in [6.45, 7) is 0.287. The molecule has 96 valence electrons. The lowest BCUT2D eigenvalue weighted by Crippen LogP contribution is -2.14. The summed E-state index contributed by atoms with van der Waals surface area (Å²) in [6, 6.07) is 7.52. The van der Waals surface area contributed by atoms with Crippen molar-refractivity contribution in [3.05, 3.63) is 24.3 Å². The van der Waals surface area contributed by atoms with Gasteiger partial charge < -0.3 is 10.2 Å². The largest absolute Gasteiger partial charge is 0.441 e. The second-order valence-corrected chi connectivity index (χ2v) is 4.79. The van der Waals surface area contributed by atoms with E-state index < -0.39 is 5.51 Å². The van der Waals surface area contributed by atoms with Crippen molar-refractivity contribution in [1.29, 1.82) is 0 Å². The molecule has 0 aromatic heterocycles. The van der Waals surface area contributed by atoms with Crippen molar-refractivity contribution in [3.63, 3.8) is 0 Å². The van der Waals surface area contributed by atoms with Crippen molar-refractivity contribution in [3.8, 4) is 0 Å². The second-order valence-electron chi connectivity index (χ2n) is 3.63. The first kappa shape index (κ1) is 14.0. The van der Waals surface area contributed by atoms with Gasteiger partial charge in [-0.25, -0.2) is 0 Å². The lowest BCUT2D eigenvalue weighted by molar-refractivity contribution is -0.0327. The van der Waals surface area contributed by atoms with E-state index in [0.29, 0.717) is 0 Å². The van der Waals surface area contributed by atoms with Gasteiger partial charge in [0.1, 0.15) is 0 Å². The molecule has 0 spiro atoms. The van der Waals surface area contributed by atoms with Crippen LogP contribution in [-0.4, -0.2) is 31.9 Å². The summed E-state index contributed by atoms with van der Waals surface area (Å²) in [4.78, 5) is 1.92. The molecule has 0 atom stereocenters. The van der Waals surface area contributed by atoms with Crippen LogP contribution in [-0.2, 0) is 0 Å².